The van der Waals surface area contributed by atoms with Gasteiger partial charge in [-0.05, 0) is 66.6 Å². The van der Waals surface area contributed by atoms with Gasteiger partial charge in [-0.2, -0.15) is 5.10 Å². The zero-order valence-electron chi connectivity index (χ0n) is 16.2. The fraction of sp³-hybridized carbons (Fsp3) is 0.0870. The van der Waals surface area contributed by atoms with Gasteiger partial charge in [0.15, 0.2) is 0 Å². The molecule has 4 rings (SSSR count). The van der Waals surface area contributed by atoms with Crippen molar-refractivity contribution in [2.45, 2.75) is 13.5 Å². The van der Waals surface area contributed by atoms with E-state index in [1.54, 1.807) is 35.3 Å². The quantitative estimate of drug-likeness (QED) is 0.518. The van der Waals surface area contributed by atoms with Crippen LogP contribution < -0.4 is 10.1 Å². The number of ether oxygens (including phenoxy) is 1. The summed E-state index contributed by atoms with van der Waals surface area (Å²) in [6, 6.07) is 16.5. The van der Waals surface area contributed by atoms with E-state index in [1.165, 1.54) is 24.3 Å². The summed E-state index contributed by atoms with van der Waals surface area (Å²) < 4.78 is 20.3. The summed E-state index contributed by atoms with van der Waals surface area (Å²) in [5.74, 6) is 0.386. The van der Waals surface area contributed by atoms with Gasteiger partial charge in [-0.1, -0.05) is 6.07 Å². The summed E-state index contributed by atoms with van der Waals surface area (Å²) in [6.07, 6.45) is 5.33. The molecule has 1 amide bonds. The highest BCUT2D eigenvalue weighted by atomic mass is 19.1. The van der Waals surface area contributed by atoms with Gasteiger partial charge < -0.3 is 10.1 Å². The van der Waals surface area contributed by atoms with Crippen LogP contribution in [0.15, 0.2) is 79.3 Å². The Bertz CT molecular complexity index is 1140. The molecule has 1 N–H and O–H groups in total. The Morgan fingerprint density at radius 2 is 1.80 bits per heavy atom. The Morgan fingerprint density at radius 1 is 1.03 bits per heavy atom. The fourth-order valence-corrected chi connectivity index (χ4v) is 2.80. The lowest BCUT2D eigenvalue weighted by molar-refractivity contribution is 0.0951. The van der Waals surface area contributed by atoms with Crippen LogP contribution in [0.4, 0.5) is 4.39 Å². The molecule has 0 saturated heterocycles. The minimum Gasteiger partial charge on any atom is -0.439 e. The Hall–Kier alpha value is -4.00. The average Bonchev–Trinajstić information content (AvgIpc) is 3.21. The van der Waals surface area contributed by atoms with E-state index in [4.69, 9.17) is 4.74 Å². The van der Waals surface area contributed by atoms with Crippen LogP contribution in [0.25, 0.3) is 5.69 Å². The summed E-state index contributed by atoms with van der Waals surface area (Å²) in [7, 11) is 0. The van der Waals surface area contributed by atoms with Crippen LogP contribution in [0.1, 0.15) is 21.5 Å². The lowest BCUT2D eigenvalue weighted by Crippen LogP contribution is -2.22. The molecule has 0 aliphatic heterocycles. The number of aryl methyl sites for hydroxylation is 1. The molecule has 0 unspecified atom stereocenters. The van der Waals surface area contributed by atoms with Crippen LogP contribution >= 0.6 is 0 Å². The fourth-order valence-electron chi connectivity index (χ4n) is 2.80. The van der Waals surface area contributed by atoms with E-state index in [1.807, 2.05) is 31.3 Å². The average molecular weight is 402 g/mol. The predicted octanol–water partition coefficient (Wildman–Crippen LogP) is 4.44. The van der Waals surface area contributed by atoms with Crippen LogP contribution in [0.3, 0.4) is 0 Å². The number of aromatic nitrogens is 3. The standard InChI is InChI=1S/C23H19FN4O2/c1-16-12-27-28(15-16)20-7-3-18(4-8-20)23(29)26-14-17-2-11-22(25-13-17)30-21-9-5-19(24)6-10-21/h2-13,15H,14H2,1H3,(H,26,29). The second kappa shape index (κ2) is 8.57. The first kappa shape index (κ1) is 19.3. The number of nitrogens with one attached hydrogen (secondary N) is 1. The Kier molecular flexibility index (Phi) is 5.52. The first-order valence-corrected chi connectivity index (χ1v) is 9.35. The largest absolute Gasteiger partial charge is 0.439 e. The Morgan fingerprint density at radius 3 is 2.43 bits per heavy atom. The van der Waals surface area contributed by atoms with Crippen LogP contribution in [0.2, 0.25) is 0 Å². The minimum absolute atomic E-state index is 0.176. The Balaban J connectivity index is 1.32. The lowest BCUT2D eigenvalue weighted by Gasteiger charge is -2.08. The monoisotopic (exact) mass is 402 g/mol. The van der Waals surface area contributed by atoms with Crippen molar-refractivity contribution in [3.05, 3.63) is 102 Å². The van der Waals surface area contributed by atoms with Crippen LogP contribution in [0.5, 0.6) is 11.6 Å². The van der Waals surface area contributed by atoms with Crippen LogP contribution in [-0.2, 0) is 6.54 Å². The SMILES string of the molecule is Cc1cnn(-c2ccc(C(=O)NCc3ccc(Oc4ccc(F)cc4)nc3)cc2)c1. The van der Waals surface area contributed by atoms with Gasteiger partial charge in [0.05, 0.1) is 11.9 Å². The second-order valence-electron chi connectivity index (χ2n) is 6.75. The molecular formula is C23H19FN4O2. The first-order valence-electron chi connectivity index (χ1n) is 9.35. The molecule has 2 aromatic carbocycles. The van der Waals surface area contributed by atoms with Gasteiger partial charge in [-0.25, -0.2) is 14.1 Å². The normalized spacial score (nSPS) is 10.6. The summed E-state index contributed by atoms with van der Waals surface area (Å²) >= 11 is 0. The van der Waals surface area contributed by atoms with Crippen LogP contribution in [0, 0.1) is 12.7 Å². The van der Waals surface area contributed by atoms with Gasteiger partial charge in [-0.15, -0.1) is 0 Å². The summed E-state index contributed by atoms with van der Waals surface area (Å²) in [4.78, 5) is 16.6. The zero-order valence-corrected chi connectivity index (χ0v) is 16.2. The highest BCUT2D eigenvalue weighted by Crippen LogP contribution is 2.19. The number of rotatable bonds is 6. The van der Waals surface area contributed by atoms with E-state index in [9.17, 15) is 9.18 Å². The van der Waals surface area contributed by atoms with Gasteiger partial charge >= 0.3 is 0 Å². The summed E-state index contributed by atoms with van der Waals surface area (Å²) in [5.41, 5.74) is 3.35. The van der Waals surface area contributed by atoms with Crippen molar-refractivity contribution in [3.63, 3.8) is 0 Å². The van der Waals surface area contributed by atoms with E-state index in [-0.39, 0.29) is 11.7 Å². The van der Waals surface area contributed by atoms with Crippen molar-refractivity contribution in [2.24, 2.45) is 0 Å². The molecule has 4 aromatic rings. The van der Waals surface area contributed by atoms with Gasteiger partial charge in [0.2, 0.25) is 5.88 Å². The molecule has 0 bridgehead atoms. The second-order valence-corrected chi connectivity index (χ2v) is 6.75. The number of halogens is 1. The number of amides is 1. The molecule has 2 aromatic heterocycles. The van der Waals surface area contributed by atoms with Crippen molar-refractivity contribution in [3.8, 4) is 17.3 Å². The molecule has 0 aliphatic rings. The molecule has 6 nitrogen and oxygen atoms in total. The third-order valence-electron chi connectivity index (χ3n) is 4.39. The number of hydrogen-bond donors (Lipinski definition) is 1. The number of pyridine rings is 1. The van der Waals surface area contributed by atoms with Gasteiger partial charge in [-0.3, -0.25) is 4.79 Å². The van der Waals surface area contributed by atoms with Crippen molar-refractivity contribution >= 4 is 5.91 Å². The molecule has 30 heavy (non-hydrogen) atoms. The smallest absolute Gasteiger partial charge is 0.251 e. The van der Waals surface area contributed by atoms with Crippen molar-refractivity contribution in [1.29, 1.82) is 0 Å². The highest BCUT2D eigenvalue weighted by Gasteiger charge is 2.07. The maximum Gasteiger partial charge on any atom is 0.251 e. The number of benzene rings is 2. The van der Waals surface area contributed by atoms with Crippen molar-refractivity contribution < 1.29 is 13.9 Å². The number of carbonyl (C=O) groups is 1. The zero-order chi connectivity index (χ0) is 20.9. The predicted molar refractivity (Wildman–Crippen MR) is 110 cm³/mol. The van der Waals surface area contributed by atoms with Gasteiger partial charge in [0, 0.05) is 30.6 Å². The molecule has 0 saturated carbocycles. The van der Waals surface area contributed by atoms with Crippen LogP contribution in [-0.4, -0.2) is 20.7 Å². The maximum atomic E-state index is 12.9. The Labute approximate surface area is 173 Å². The molecule has 0 spiro atoms. The summed E-state index contributed by atoms with van der Waals surface area (Å²) in [5, 5.41) is 7.13. The van der Waals surface area contributed by atoms with E-state index in [0.717, 1.165) is 16.8 Å². The van der Waals surface area contributed by atoms with Crippen molar-refractivity contribution in [1.82, 2.24) is 20.1 Å². The third kappa shape index (κ3) is 4.70. The first-order chi connectivity index (χ1) is 14.6. The number of carbonyl (C=O) groups excluding carboxylic acids is 1. The number of nitrogens with zero attached hydrogens (tertiary/aromatic N) is 3. The molecule has 2 heterocycles. The summed E-state index contributed by atoms with van der Waals surface area (Å²) in [6.45, 7) is 2.31. The molecule has 0 aliphatic carbocycles. The minimum atomic E-state index is -0.326. The van der Waals surface area contributed by atoms with E-state index in [0.29, 0.717) is 23.7 Å². The number of hydrogen-bond acceptors (Lipinski definition) is 4. The molecule has 0 atom stereocenters. The third-order valence-corrected chi connectivity index (χ3v) is 4.39. The topological polar surface area (TPSA) is 69.0 Å². The van der Waals surface area contributed by atoms with E-state index < -0.39 is 0 Å². The van der Waals surface area contributed by atoms with Gasteiger partial charge in [0.1, 0.15) is 11.6 Å². The molecule has 0 radical (unpaired) electrons. The maximum absolute atomic E-state index is 12.9. The van der Waals surface area contributed by atoms with Crippen molar-refractivity contribution in [2.75, 3.05) is 0 Å². The van der Waals surface area contributed by atoms with E-state index in [2.05, 4.69) is 15.4 Å². The highest BCUT2D eigenvalue weighted by molar-refractivity contribution is 5.94. The van der Waals surface area contributed by atoms with E-state index >= 15 is 0 Å². The lowest BCUT2D eigenvalue weighted by atomic mass is 10.2. The molecule has 0 fully saturated rings. The molecule has 150 valence electrons. The van der Waals surface area contributed by atoms with Gasteiger partial charge in [0.25, 0.3) is 5.91 Å². The molecular weight excluding hydrogens is 383 g/mol. The molecule has 7 heteroatoms.